The van der Waals surface area contributed by atoms with Gasteiger partial charge in [0.2, 0.25) is 0 Å². The molecule has 0 saturated heterocycles. The van der Waals surface area contributed by atoms with E-state index in [1.165, 1.54) is 0 Å². The van der Waals surface area contributed by atoms with Crippen molar-refractivity contribution in [2.45, 2.75) is 6.92 Å². The molecule has 29 heavy (non-hydrogen) atoms. The van der Waals surface area contributed by atoms with Gasteiger partial charge in [-0.25, -0.2) is 0 Å². The highest BCUT2D eigenvalue weighted by atomic mass is 14.7. The van der Waals surface area contributed by atoms with E-state index in [1.54, 1.807) is 24.3 Å². The third-order valence-electron chi connectivity index (χ3n) is 4.16. The second-order valence-electron chi connectivity index (χ2n) is 6.15. The number of hydrogen-bond donors (Lipinski definition) is 0. The van der Waals surface area contributed by atoms with Gasteiger partial charge in [-0.3, -0.25) is 9.69 Å². The number of aryl methyl sites for hydroxylation is 1. The van der Waals surface area contributed by atoms with E-state index in [0.717, 1.165) is 22.3 Å². The van der Waals surface area contributed by atoms with E-state index in [0.29, 0.717) is 22.5 Å². The molecule has 0 aromatic heterocycles. The second-order valence-corrected chi connectivity index (χ2v) is 6.15. The first kappa shape index (κ1) is 19.0. The lowest BCUT2D eigenvalue weighted by Gasteiger charge is -1.97. The predicted molar refractivity (Wildman–Crippen MR) is 113 cm³/mol. The van der Waals surface area contributed by atoms with Crippen LogP contribution in [0.3, 0.4) is 0 Å². The molecule has 0 atom stereocenters. The normalized spacial score (nSPS) is 8.90. The average molecular weight is 367 g/mol. The summed E-state index contributed by atoms with van der Waals surface area (Å²) in [6.07, 6.45) is 0. The van der Waals surface area contributed by atoms with Gasteiger partial charge in [-0.05, 0) is 48.9 Å². The zero-order chi connectivity index (χ0) is 20.6. The van der Waals surface area contributed by atoms with E-state index >= 15 is 0 Å². The van der Waals surface area contributed by atoms with Crippen molar-refractivity contribution in [1.82, 2.24) is 0 Å². The molecule has 0 bridgehead atoms. The molecule has 3 aromatic rings. The van der Waals surface area contributed by atoms with E-state index in [1.807, 2.05) is 43.3 Å². The van der Waals surface area contributed by atoms with Gasteiger partial charge in [0, 0.05) is 22.3 Å². The Morgan fingerprint density at radius 1 is 0.655 bits per heavy atom. The molecule has 0 N–H and O–H groups in total. The first-order valence-corrected chi connectivity index (χ1v) is 8.67. The van der Waals surface area contributed by atoms with E-state index in [2.05, 4.69) is 39.4 Å². The van der Waals surface area contributed by atoms with Crippen molar-refractivity contribution in [2.75, 3.05) is 0 Å². The van der Waals surface area contributed by atoms with Crippen LogP contribution < -0.4 is 0 Å². The molecule has 0 aliphatic rings. The Hall–Kier alpha value is -4.75. The third kappa shape index (κ3) is 4.70. The maximum Gasteiger partial charge on any atom is 0.195 e. The smallest absolute Gasteiger partial charge is 0.195 e. The van der Waals surface area contributed by atoms with Gasteiger partial charge in [0.15, 0.2) is 11.4 Å². The number of nitrogens with zero attached hydrogens (tertiary/aromatic N) is 3. The summed E-state index contributed by atoms with van der Waals surface area (Å²) in [5, 5.41) is 9.11. The molecule has 0 radical (unpaired) electrons. The molecule has 0 heterocycles. The minimum atomic E-state index is 0.313. The fraction of sp³-hybridized carbons (Fsp3) is 0.0385. The van der Waals surface area contributed by atoms with E-state index < -0.39 is 0 Å². The lowest BCUT2D eigenvalue weighted by atomic mass is 10.1. The van der Waals surface area contributed by atoms with Crippen LogP contribution in [0.2, 0.25) is 0 Å². The minimum Gasteiger partial charge on any atom is -0.250 e. The Kier molecular flexibility index (Phi) is 5.75. The van der Waals surface area contributed by atoms with Crippen LogP contribution in [-0.4, -0.2) is 0 Å². The van der Waals surface area contributed by atoms with Crippen LogP contribution in [0, 0.1) is 55.1 Å². The molecule has 0 fully saturated rings. The van der Waals surface area contributed by atoms with Crippen LogP contribution in [0.4, 0.5) is 11.4 Å². The van der Waals surface area contributed by atoms with Crippen LogP contribution in [0.5, 0.6) is 0 Å². The van der Waals surface area contributed by atoms with Crippen molar-refractivity contribution in [1.29, 1.82) is 5.26 Å². The standard InChI is InChI=1S/C26H13N3/c1-19-4-5-22(16-24(19)18-27)12-10-20-6-8-21(9-7-20)11-13-23-14-15-25(28-2)26(17-23)29-3/h4-9,14-17H,1H3. The van der Waals surface area contributed by atoms with Crippen LogP contribution >= 0.6 is 0 Å². The zero-order valence-electron chi connectivity index (χ0n) is 15.6. The van der Waals surface area contributed by atoms with E-state index in [4.69, 9.17) is 18.4 Å². The van der Waals surface area contributed by atoms with Crippen LogP contribution in [-0.2, 0) is 0 Å². The summed E-state index contributed by atoms with van der Waals surface area (Å²) in [5.41, 5.74) is 5.40. The molecule has 3 rings (SSSR count). The van der Waals surface area contributed by atoms with Crippen molar-refractivity contribution in [3.63, 3.8) is 0 Å². The van der Waals surface area contributed by atoms with Crippen molar-refractivity contribution >= 4 is 11.4 Å². The number of hydrogen-bond acceptors (Lipinski definition) is 1. The average Bonchev–Trinajstić information content (AvgIpc) is 2.77. The highest BCUT2D eigenvalue weighted by Gasteiger charge is 2.02. The lowest BCUT2D eigenvalue weighted by molar-refractivity contribution is 1.38. The van der Waals surface area contributed by atoms with Gasteiger partial charge in [-0.2, -0.15) is 5.26 Å². The maximum atomic E-state index is 9.11. The summed E-state index contributed by atoms with van der Waals surface area (Å²) < 4.78 is 0. The summed E-state index contributed by atoms with van der Waals surface area (Å²) in [6.45, 7) is 16.1. The molecule has 0 aliphatic carbocycles. The molecule has 0 spiro atoms. The summed E-state index contributed by atoms with van der Waals surface area (Å²) in [5.74, 6) is 12.2. The highest BCUT2D eigenvalue weighted by molar-refractivity contribution is 5.72. The minimum absolute atomic E-state index is 0.313. The lowest BCUT2D eigenvalue weighted by Crippen LogP contribution is -1.84. The predicted octanol–water partition coefficient (Wildman–Crippen LogP) is 5.77. The van der Waals surface area contributed by atoms with Gasteiger partial charge in [0.1, 0.15) is 0 Å². The fourth-order valence-electron chi connectivity index (χ4n) is 2.53. The molecular formula is C26H13N3. The Balaban J connectivity index is 1.78. The third-order valence-corrected chi connectivity index (χ3v) is 4.16. The van der Waals surface area contributed by atoms with Gasteiger partial charge in [0.25, 0.3) is 0 Å². The summed E-state index contributed by atoms with van der Waals surface area (Å²) >= 11 is 0. The van der Waals surface area contributed by atoms with Crippen molar-refractivity contribution < 1.29 is 0 Å². The molecule has 0 amide bonds. The van der Waals surface area contributed by atoms with Crippen LogP contribution in [0.15, 0.2) is 60.7 Å². The summed E-state index contributed by atoms with van der Waals surface area (Å²) in [4.78, 5) is 6.69. The quantitative estimate of drug-likeness (QED) is 0.367. The van der Waals surface area contributed by atoms with Gasteiger partial charge in [-0.15, -0.1) is 0 Å². The SMILES string of the molecule is [C-]#[N+]c1ccc(C#Cc2ccc(C#Cc3ccc(C)c(C#N)c3)cc2)cc1[N+]#[C-]. The van der Waals surface area contributed by atoms with Crippen molar-refractivity contribution in [3.8, 4) is 29.8 Å². The van der Waals surface area contributed by atoms with Gasteiger partial charge in [-0.1, -0.05) is 47.9 Å². The Bertz CT molecular complexity index is 1330. The summed E-state index contributed by atoms with van der Waals surface area (Å²) in [7, 11) is 0. The van der Waals surface area contributed by atoms with Gasteiger partial charge < -0.3 is 0 Å². The fourth-order valence-corrected chi connectivity index (χ4v) is 2.53. The van der Waals surface area contributed by atoms with Gasteiger partial charge >= 0.3 is 0 Å². The van der Waals surface area contributed by atoms with Crippen molar-refractivity contribution in [3.05, 3.63) is 117 Å². The highest BCUT2D eigenvalue weighted by Crippen LogP contribution is 2.28. The van der Waals surface area contributed by atoms with E-state index in [9.17, 15) is 0 Å². The molecule has 0 aliphatic heterocycles. The Morgan fingerprint density at radius 2 is 1.14 bits per heavy atom. The van der Waals surface area contributed by atoms with E-state index in [-0.39, 0.29) is 0 Å². The molecule has 3 aromatic carbocycles. The van der Waals surface area contributed by atoms with Crippen molar-refractivity contribution in [2.24, 2.45) is 0 Å². The molecule has 0 unspecified atom stereocenters. The molecule has 3 heteroatoms. The second kappa shape index (κ2) is 8.76. The number of nitriles is 1. The molecule has 0 saturated carbocycles. The maximum absolute atomic E-state index is 9.11. The first-order chi connectivity index (χ1) is 14.1. The first-order valence-electron chi connectivity index (χ1n) is 8.67. The Labute approximate surface area is 170 Å². The largest absolute Gasteiger partial charge is 0.250 e. The number of rotatable bonds is 0. The molecule has 3 nitrogen and oxygen atoms in total. The Morgan fingerprint density at radius 3 is 1.69 bits per heavy atom. The monoisotopic (exact) mass is 367 g/mol. The molecule has 132 valence electrons. The van der Waals surface area contributed by atoms with Crippen LogP contribution in [0.25, 0.3) is 9.69 Å². The zero-order valence-corrected chi connectivity index (χ0v) is 15.6. The topological polar surface area (TPSA) is 32.5 Å². The van der Waals surface area contributed by atoms with Gasteiger partial charge in [0.05, 0.1) is 24.8 Å². The number of benzene rings is 3. The molecular weight excluding hydrogens is 354 g/mol. The van der Waals surface area contributed by atoms with Crippen LogP contribution in [0.1, 0.15) is 33.4 Å². The summed E-state index contributed by atoms with van der Waals surface area (Å²) in [6, 6.07) is 20.3.